The second kappa shape index (κ2) is 5.50. The van der Waals surface area contributed by atoms with Gasteiger partial charge in [-0.05, 0) is 56.3 Å². The second-order valence-corrected chi connectivity index (χ2v) is 5.42. The van der Waals surface area contributed by atoms with Crippen LogP contribution in [0.2, 0.25) is 0 Å². The summed E-state index contributed by atoms with van der Waals surface area (Å²) in [5.41, 5.74) is 9.25. The van der Waals surface area contributed by atoms with Gasteiger partial charge in [-0.3, -0.25) is 0 Å². The molecule has 0 saturated carbocycles. The first-order valence-corrected chi connectivity index (χ1v) is 6.71. The summed E-state index contributed by atoms with van der Waals surface area (Å²) in [6.45, 7) is 6.04. The van der Waals surface area contributed by atoms with E-state index in [1.165, 1.54) is 5.56 Å². The Labute approximate surface area is 112 Å². The van der Waals surface area contributed by atoms with E-state index in [-0.39, 0.29) is 6.04 Å². The third-order valence-corrected chi connectivity index (χ3v) is 3.52. The van der Waals surface area contributed by atoms with E-state index in [0.29, 0.717) is 0 Å². The second-order valence-electron chi connectivity index (χ2n) is 4.41. The maximum Gasteiger partial charge on any atom is 0.107 e. The molecule has 2 aromatic heterocycles. The molecule has 0 aliphatic rings. The Morgan fingerprint density at radius 2 is 2.06 bits per heavy atom. The number of pyridine rings is 2. The first-order valence-electron chi connectivity index (χ1n) is 5.90. The van der Waals surface area contributed by atoms with Gasteiger partial charge >= 0.3 is 0 Å². The maximum absolute atomic E-state index is 5.95. The molecule has 3 nitrogen and oxygen atoms in total. The van der Waals surface area contributed by atoms with Gasteiger partial charge < -0.3 is 5.73 Å². The Morgan fingerprint density at radius 1 is 1.28 bits per heavy atom. The van der Waals surface area contributed by atoms with Gasteiger partial charge in [0.2, 0.25) is 0 Å². The van der Waals surface area contributed by atoms with Crippen molar-refractivity contribution in [3.8, 4) is 0 Å². The average Bonchev–Trinajstić information content (AvgIpc) is 2.27. The van der Waals surface area contributed by atoms with Crippen LogP contribution in [0.4, 0.5) is 0 Å². The Bertz CT molecular complexity index is 532. The minimum atomic E-state index is -0.0212. The highest BCUT2D eigenvalue weighted by atomic mass is 32.2. The zero-order chi connectivity index (χ0) is 13.1. The molecule has 0 aliphatic heterocycles. The SMILES string of the molecule is Cc1cc(C)nc(Sc2ncccc2C(C)N)c1. The standard InChI is InChI=1S/C14H17N3S/c1-9-7-10(2)17-13(8-9)18-14-12(11(3)15)5-4-6-16-14/h4-8,11H,15H2,1-3H3. The molecule has 0 fully saturated rings. The van der Waals surface area contributed by atoms with E-state index in [0.717, 1.165) is 21.3 Å². The molecule has 1 atom stereocenters. The van der Waals surface area contributed by atoms with Crippen LogP contribution in [0.15, 0.2) is 40.5 Å². The third-order valence-electron chi connectivity index (χ3n) is 2.57. The third kappa shape index (κ3) is 3.09. The Morgan fingerprint density at radius 3 is 2.72 bits per heavy atom. The molecule has 2 N–H and O–H groups in total. The van der Waals surface area contributed by atoms with E-state index >= 15 is 0 Å². The van der Waals surface area contributed by atoms with Crippen molar-refractivity contribution in [1.82, 2.24) is 9.97 Å². The molecule has 2 heterocycles. The van der Waals surface area contributed by atoms with Gasteiger partial charge in [-0.15, -0.1) is 0 Å². The van der Waals surface area contributed by atoms with E-state index < -0.39 is 0 Å². The predicted octanol–water partition coefficient (Wildman–Crippen LogP) is 3.26. The minimum Gasteiger partial charge on any atom is -0.324 e. The van der Waals surface area contributed by atoms with Gasteiger partial charge in [0.15, 0.2) is 0 Å². The fourth-order valence-electron chi connectivity index (χ4n) is 1.79. The van der Waals surface area contributed by atoms with Crippen LogP contribution in [0, 0.1) is 13.8 Å². The van der Waals surface area contributed by atoms with Crippen LogP contribution in [0.25, 0.3) is 0 Å². The van der Waals surface area contributed by atoms with Crippen molar-refractivity contribution in [2.24, 2.45) is 5.73 Å². The highest BCUT2D eigenvalue weighted by Crippen LogP contribution is 2.30. The molecule has 18 heavy (non-hydrogen) atoms. The van der Waals surface area contributed by atoms with Gasteiger partial charge in [0.1, 0.15) is 10.1 Å². The van der Waals surface area contributed by atoms with Crippen LogP contribution >= 0.6 is 11.8 Å². The summed E-state index contributed by atoms with van der Waals surface area (Å²) in [5.74, 6) is 0. The van der Waals surface area contributed by atoms with Gasteiger partial charge in [-0.2, -0.15) is 0 Å². The molecule has 0 bridgehead atoms. The van der Waals surface area contributed by atoms with Crippen molar-refractivity contribution in [2.45, 2.75) is 36.9 Å². The van der Waals surface area contributed by atoms with Crippen LogP contribution < -0.4 is 5.73 Å². The van der Waals surface area contributed by atoms with Gasteiger partial charge in [0.05, 0.1) is 0 Å². The molecule has 2 rings (SSSR count). The van der Waals surface area contributed by atoms with Crippen molar-refractivity contribution in [3.63, 3.8) is 0 Å². The lowest BCUT2D eigenvalue weighted by Crippen LogP contribution is -2.07. The quantitative estimate of drug-likeness (QED) is 0.919. The summed E-state index contributed by atoms with van der Waals surface area (Å²) < 4.78 is 0. The first kappa shape index (κ1) is 13.1. The fraction of sp³-hybridized carbons (Fsp3) is 0.286. The molecule has 4 heteroatoms. The van der Waals surface area contributed by atoms with E-state index in [9.17, 15) is 0 Å². The van der Waals surface area contributed by atoms with Crippen LogP contribution in [0.5, 0.6) is 0 Å². The summed E-state index contributed by atoms with van der Waals surface area (Å²) in [6, 6.07) is 8.04. The first-order chi connectivity index (χ1) is 8.56. The predicted molar refractivity (Wildman–Crippen MR) is 74.7 cm³/mol. The van der Waals surface area contributed by atoms with Crippen LogP contribution in [0.3, 0.4) is 0 Å². The Balaban J connectivity index is 2.34. The molecule has 2 aromatic rings. The average molecular weight is 259 g/mol. The van der Waals surface area contributed by atoms with Gasteiger partial charge in [-0.25, -0.2) is 9.97 Å². The lowest BCUT2D eigenvalue weighted by atomic mass is 10.2. The van der Waals surface area contributed by atoms with E-state index in [2.05, 4.69) is 29.0 Å². The summed E-state index contributed by atoms with van der Waals surface area (Å²) in [4.78, 5) is 8.91. The minimum absolute atomic E-state index is 0.0212. The summed E-state index contributed by atoms with van der Waals surface area (Å²) in [7, 11) is 0. The topological polar surface area (TPSA) is 51.8 Å². The number of hydrogen-bond acceptors (Lipinski definition) is 4. The number of rotatable bonds is 3. The highest BCUT2D eigenvalue weighted by Gasteiger charge is 2.10. The number of aromatic nitrogens is 2. The number of hydrogen-bond donors (Lipinski definition) is 1. The smallest absolute Gasteiger partial charge is 0.107 e. The van der Waals surface area contributed by atoms with E-state index in [1.54, 1.807) is 18.0 Å². The largest absolute Gasteiger partial charge is 0.324 e. The van der Waals surface area contributed by atoms with Crippen molar-refractivity contribution >= 4 is 11.8 Å². The number of aryl methyl sites for hydroxylation is 2. The van der Waals surface area contributed by atoms with E-state index in [1.807, 2.05) is 26.0 Å². The van der Waals surface area contributed by atoms with Crippen LogP contribution in [-0.2, 0) is 0 Å². The van der Waals surface area contributed by atoms with Crippen molar-refractivity contribution in [3.05, 3.63) is 47.3 Å². The highest BCUT2D eigenvalue weighted by molar-refractivity contribution is 7.99. The lowest BCUT2D eigenvalue weighted by molar-refractivity contribution is 0.779. The summed E-state index contributed by atoms with van der Waals surface area (Å²) >= 11 is 1.57. The summed E-state index contributed by atoms with van der Waals surface area (Å²) in [6.07, 6.45) is 1.79. The molecular weight excluding hydrogens is 242 g/mol. The van der Waals surface area contributed by atoms with Crippen molar-refractivity contribution in [1.29, 1.82) is 0 Å². The number of nitrogens with zero attached hydrogens (tertiary/aromatic N) is 2. The Kier molecular flexibility index (Phi) is 3.99. The molecule has 0 radical (unpaired) electrons. The molecule has 0 aliphatic carbocycles. The zero-order valence-electron chi connectivity index (χ0n) is 10.8. The normalized spacial score (nSPS) is 12.4. The molecular formula is C14H17N3S. The molecule has 0 amide bonds. The maximum atomic E-state index is 5.95. The van der Waals surface area contributed by atoms with Crippen LogP contribution in [0.1, 0.15) is 29.8 Å². The lowest BCUT2D eigenvalue weighted by Gasteiger charge is -2.11. The van der Waals surface area contributed by atoms with Gasteiger partial charge in [0, 0.05) is 23.5 Å². The molecule has 94 valence electrons. The van der Waals surface area contributed by atoms with E-state index in [4.69, 9.17) is 5.73 Å². The molecule has 0 spiro atoms. The van der Waals surface area contributed by atoms with Crippen LogP contribution in [-0.4, -0.2) is 9.97 Å². The Hall–Kier alpha value is -1.39. The summed E-state index contributed by atoms with van der Waals surface area (Å²) in [5, 5.41) is 1.90. The van der Waals surface area contributed by atoms with Crippen molar-refractivity contribution in [2.75, 3.05) is 0 Å². The van der Waals surface area contributed by atoms with Gasteiger partial charge in [0.25, 0.3) is 0 Å². The number of nitrogens with two attached hydrogens (primary N) is 1. The molecule has 0 aromatic carbocycles. The monoisotopic (exact) mass is 259 g/mol. The van der Waals surface area contributed by atoms with Gasteiger partial charge in [-0.1, -0.05) is 6.07 Å². The zero-order valence-corrected chi connectivity index (χ0v) is 11.7. The molecule has 1 unspecified atom stereocenters. The van der Waals surface area contributed by atoms with Crippen molar-refractivity contribution < 1.29 is 0 Å². The molecule has 0 saturated heterocycles. The fourth-order valence-corrected chi connectivity index (χ4v) is 2.91.